The number of hydrogen-bond donors (Lipinski definition) is 3. The predicted molar refractivity (Wildman–Crippen MR) is 111 cm³/mol. The summed E-state index contributed by atoms with van der Waals surface area (Å²) in [7, 11) is 0. The van der Waals surface area contributed by atoms with Crippen molar-refractivity contribution in [2.75, 3.05) is 5.32 Å². The fourth-order valence-corrected chi connectivity index (χ4v) is 5.68. The zero-order chi connectivity index (χ0) is 19.3. The molecule has 1 aliphatic heterocycles. The van der Waals surface area contributed by atoms with Gasteiger partial charge in [-0.2, -0.15) is 0 Å². The van der Waals surface area contributed by atoms with Crippen LogP contribution in [0.3, 0.4) is 0 Å². The van der Waals surface area contributed by atoms with Crippen molar-refractivity contribution in [3.05, 3.63) is 45.3 Å². The van der Waals surface area contributed by atoms with Crippen molar-refractivity contribution in [1.82, 2.24) is 5.32 Å². The first-order valence-electron chi connectivity index (χ1n) is 9.82. The second-order valence-electron chi connectivity index (χ2n) is 8.55. The Morgan fingerprint density at radius 2 is 2.07 bits per heavy atom. The summed E-state index contributed by atoms with van der Waals surface area (Å²) in [5.41, 5.74) is 3.91. The Labute approximate surface area is 165 Å². The van der Waals surface area contributed by atoms with Gasteiger partial charge in [0.05, 0.1) is 5.56 Å². The van der Waals surface area contributed by atoms with Crippen LogP contribution in [-0.4, -0.2) is 11.0 Å². The molecule has 0 saturated carbocycles. The van der Waals surface area contributed by atoms with Crippen molar-refractivity contribution < 1.29 is 9.90 Å². The largest absolute Gasteiger partial charge is 0.507 e. The summed E-state index contributed by atoms with van der Waals surface area (Å²) in [6, 6.07) is 5.64. The van der Waals surface area contributed by atoms with Crippen LogP contribution in [0.15, 0.2) is 18.2 Å². The summed E-state index contributed by atoms with van der Waals surface area (Å²) < 4.78 is 0. The summed E-state index contributed by atoms with van der Waals surface area (Å²) in [6.45, 7) is 8.85. The molecule has 1 aliphatic carbocycles. The summed E-state index contributed by atoms with van der Waals surface area (Å²) >= 11 is 1.73. The molecule has 0 unspecified atom stereocenters. The third-order valence-electron chi connectivity index (χ3n) is 6.64. The van der Waals surface area contributed by atoms with Crippen LogP contribution in [0.1, 0.15) is 71.7 Å². The number of para-hydroxylation sites is 1. The lowest BCUT2D eigenvalue weighted by Crippen LogP contribution is -2.38. The topological polar surface area (TPSA) is 61.4 Å². The maximum atomic E-state index is 12.9. The number of thiophene rings is 1. The Kier molecular flexibility index (Phi) is 4.46. The normalized spacial score (nSPS) is 21.9. The number of phenols is 1. The number of anilines is 1. The van der Waals surface area contributed by atoms with Gasteiger partial charge in [-0.05, 0) is 48.6 Å². The van der Waals surface area contributed by atoms with Gasteiger partial charge in [-0.15, -0.1) is 11.3 Å². The number of fused-ring (bicyclic) bond motifs is 3. The van der Waals surface area contributed by atoms with Crippen LogP contribution in [0, 0.1) is 18.3 Å². The van der Waals surface area contributed by atoms with Crippen LogP contribution in [0.25, 0.3) is 0 Å². The van der Waals surface area contributed by atoms with Gasteiger partial charge in [0.15, 0.2) is 0 Å². The molecular formula is C22H28N2O2S. The predicted octanol–water partition coefficient (Wildman–Crippen LogP) is 5.16. The van der Waals surface area contributed by atoms with Gasteiger partial charge < -0.3 is 15.7 Å². The highest BCUT2D eigenvalue weighted by Crippen LogP contribution is 2.47. The van der Waals surface area contributed by atoms with Gasteiger partial charge in [-0.25, -0.2) is 0 Å². The number of amides is 1. The Bertz CT molecular complexity index is 900. The molecule has 4 nitrogen and oxygen atoms in total. The minimum absolute atomic E-state index is 0.0274. The van der Waals surface area contributed by atoms with E-state index in [9.17, 15) is 9.90 Å². The molecule has 2 atom stereocenters. The number of aromatic hydroxyl groups is 1. The second-order valence-corrected chi connectivity index (χ2v) is 9.66. The van der Waals surface area contributed by atoms with E-state index >= 15 is 0 Å². The van der Waals surface area contributed by atoms with Crippen molar-refractivity contribution in [3.63, 3.8) is 0 Å². The van der Waals surface area contributed by atoms with E-state index in [1.54, 1.807) is 11.3 Å². The van der Waals surface area contributed by atoms with Crippen molar-refractivity contribution in [2.45, 2.75) is 59.5 Å². The number of carbonyl (C=O) groups excluding carboxylic acids is 1. The molecule has 1 amide bonds. The summed E-state index contributed by atoms with van der Waals surface area (Å²) in [5, 5.41) is 17.9. The first-order valence-corrected chi connectivity index (χ1v) is 10.6. The number of carbonyl (C=O) groups is 1. The van der Waals surface area contributed by atoms with Gasteiger partial charge in [0.25, 0.3) is 5.91 Å². The zero-order valence-electron chi connectivity index (χ0n) is 16.5. The van der Waals surface area contributed by atoms with Gasteiger partial charge in [0, 0.05) is 10.4 Å². The average Bonchev–Trinajstić information content (AvgIpc) is 3.01. The molecule has 0 spiro atoms. The lowest BCUT2D eigenvalue weighted by molar-refractivity contribution is 0.0934. The number of phenolic OH excluding ortho intramolecular Hbond substituents is 1. The van der Waals surface area contributed by atoms with Crippen LogP contribution in [-0.2, 0) is 12.8 Å². The van der Waals surface area contributed by atoms with Crippen LogP contribution in [0.4, 0.5) is 5.00 Å². The third-order valence-corrected chi connectivity index (χ3v) is 7.83. The highest BCUT2D eigenvalue weighted by Gasteiger charge is 2.37. The van der Waals surface area contributed by atoms with Crippen LogP contribution in [0.5, 0.6) is 5.75 Å². The van der Waals surface area contributed by atoms with Gasteiger partial charge >= 0.3 is 0 Å². The maximum absolute atomic E-state index is 12.9. The number of benzene rings is 1. The van der Waals surface area contributed by atoms with Crippen molar-refractivity contribution in [3.8, 4) is 5.75 Å². The standard InChI is InChI=1S/C22H28N2O2S/c1-5-22(3,4)13-9-10-14-16(11-13)27-21-17(14)20(26)23-19(24-21)15-8-6-7-12(2)18(15)25/h6-8,13,19,24-25H,5,9-11H2,1-4H3,(H,23,26)/t13-,19-/m1/s1. The highest BCUT2D eigenvalue weighted by atomic mass is 32.1. The fraction of sp³-hybridized carbons (Fsp3) is 0.500. The molecule has 1 aromatic heterocycles. The van der Waals surface area contributed by atoms with Crippen molar-refractivity contribution in [2.24, 2.45) is 11.3 Å². The quantitative estimate of drug-likeness (QED) is 0.685. The van der Waals surface area contributed by atoms with E-state index in [0.29, 0.717) is 16.9 Å². The molecular weight excluding hydrogens is 356 g/mol. The Balaban J connectivity index is 1.66. The molecule has 0 saturated heterocycles. The summed E-state index contributed by atoms with van der Waals surface area (Å²) in [6.07, 6.45) is 3.96. The Morgan fingerprint density at radius 1 is 1.30 bits per heavy atom. The molecule has 144 valence electrons. The average molecular weight is 385 g/mol. The lowest BCUT2D eigenvalue weighted by Gasteiger charge is -2.36. The number of rotatable bonds is 3. The van der Waals surface area contributed by atoms with E-state index in [0.717, 1.165) is 35.4 Å². The smallest absolute Gasteiger partial charge is 0.256 e. The molecule has 5 heteroatoms. The van der Waals surface area contributed by atoms with Gasteiger partial charge in [-0.3, -0.25) is 4.79 Å². The van der Waals surface area contributed by atoms with Crippen LogP contribution < -0.4 is 10.6 Å². The molecule has 27 heavy (non-hydrogen) atoms. The zero-order valence-corrected chi connectivity index (χ0v) is 17.3. The molecule has 2 aliphatic rings. The molecule has 2 aromatic rings. The number of hydrogen-bond acceptors (Lipinski definition) is 4. The second kappa shape index (κ2) is 6.55. The van der Waals surface area contributed by atoms with Gasteiger partial charge in [0.1, 0.15) is 16.9 Å². The Morgan fingerprint density at radius 3 is 2.81 bits per heavy atom. The molecule has 0 radical (unpaired) electrons. The summed E-state index contributed by atoms with van der Waals surface area (Å²) in [4.78, 5) is 14.3. The highest BCUT2D eigenvalue weighted by molar-refractivity contribution is 7.16. The first kappa shape index (κ1) is 18.4. The monoisotopic (exact) mass is 384 g/mol. The van der Waals surface area contributed by atoms with Gasteiger partial charge in [0.2, 0.25) is 0 Å². The van der Waals surface area contributed by atoms with E-state index in [4.69, 9.17) is 0 Å². The lowest BCUT2D eigenvalue weighted by atomic mass is 9.69. The molecule has 3 N–H and O–H groups in total. The van der Waals surface area contributed by atoms with E-state index < -0.39 is 6.17 Å². The Hall–Kier alpha value is -2.01. The molecule has 0 bridgehead atoms. The first-order chi connectivity index (χ1) is 12.8. The maximum Gasteiger partial charge on any atom is 0.256 e. The van der Waals surface area contributed by atoms with Crippen molar-refractivity contribution in [1.29, 1.82) is 0 Å². The number of aryl methyl sites for hydroxylation is 1. The molecule has 2 heterocycles. The van der Waals surface area contributed by atoms with E-state index in [2.05, 4.69) is 31.4 Å². The van der Waals surface area contributed by atoms with Crippen LogP contribution >= 0.6 is 11.3 Å². The van der Waals surface area contributed by atoms with E-state index in [1.807, 2.05) is 25.1 Å². The summed E-state index contributed by atoms with van der Waals surface area (Å²) in [5.74, 6) is 0.875. The third kappa shape index (κ3) is 3.02. The minimum Gasteiger partial charge on any atom is -0.507 e. The SMILES string of the molecule is CCC(C)(C)[C@@H]1CCc2c(sc3c2C(=O)N[C@@H](c2cccc(C)c2O)N3)C1. The van der Waals surface area contributed by atoms with E-state index in [1.165, 1.54) is 16.9 Å². The fourth-order valence-electron chi connectivity index (χ4n) is 4.32. The van der Waals surface area contributed by atoms with Crippen molar-refractivity contribution >= 4 is 22.2 Å². The van der Waals surface area contributed by atoms with E-state index in [-0.39, 0.29) is 11.7 Å². The minimum atomic E-state index is -0.395. The number of nitrogens with one attached hydrogen (secondary N) is 2. The molecule has 1 aromatic carbocycles. The molecule has 0 fully saturated rings. The van der Waals surface area contributed by atoms with Crippen LogP contribution in [0.2, 0.25) is 0 Å². The molecule has 4 rings (SSSR count). The van der Waals surface area contributed by atoms with Gasteiger partial charge in [-0.1, -0.05) is 45.4 Å².